The summed E-state index contributed by atoms with van der Waals surface area (Å²) in [5.74, 6) is -0.289. The van der Waals surface area contributed by atoms with Gasteiger partial charge in [-0.3, -0.25) is 0 Å². The molecule has 0 radical (unpaired) electrons. The van der Waals surface area contributed by atoms with Crippen LogP contribution in [0.1, 0.15) is 18.4 Å². The van der Waals surface area contributed by atoms with Crippen molar-refractivity contribution >= 4 is 11.6 Å². The number of rotatable bonds is 1. The second-order valence-corrected chi connectivity index (χ2v) is 3.66. The maximum Gasteiger partial charge on any atom is 0.129 e. The van der Waals surface area contributed by atoms with Crippen molar-refractivity contribution in [3.63, 3.8) is 0 Å². The molecule has 12 heavy (non-hydrogen) atoms. The Morgan fingerprint density at radius 3 is 2.58 bits per heavy atom. The number of halogens is 2. The zero-order chi connectivity index (χ0) is 8.77. The summed E-state index contributed by atoms with van der Waals surface area (Å²) in [6.45, 7) is 0. The van der Waals surface area contributed by atoms with Crippen molar-refractivity contribution in [2.24, 2.45) is 5.73 Å². The van der Waals surface area contributed by atoms with E-state index in [1.54, 1.807) is 12.1 Å². The van der Waals surface area contributed by atoms with Crippen molar-refractivity contribution in [3.05, 3.63) is 34.6 Å². The highest BCUT2D eigenvalue weighted by molar-refractivity contribution is 6.31. The first-order valence-corrected chi connectivity index (χ1v) is 4.25. The molecule has 0 aliphatic heterocycles. The number of hydrogen-bond acceptors (Lipinski definition) is 1. The Balaban J connectivity index is 2.55. The van der Waals surface area contributed by atoms with Crippen LogP contribution in [0.3, 0.4) is 0 Å². The van der Waals surface area contributed by atoms with Crippen molar-refractivity contribution in [2.45, 2.75) is 18.4 Å². The van der Waals surface area contributed by atoms with Crippen LogP contribution in [0.4, 0.5) is 4.39 Å². The molecule has 0 atom stereocenters. The average molecular weight is 186 g/mol. The maximum atomic E-state index is 13.2. The smallest absolute Gasteiger partial charge is 0.129 e. The quantitative estimate of drug-likeness (QED) is 0.715. The van der Waals surface area contributed by atoms with Crippen LogP contribution in [0, 0.1) is 5.82 Å². The molecule has 64 valence electrons. The first-order chi connectivity index (χ1) is 5.63. The Bertz CT molecular complexity index is 300. The molecule has 3 heteroatoms. The summed E-state index contributed by atoms with van der Waals surface area (Å²) < 4.78 is 13.2. The third-order valence-electron chi connectivity index (χ3n) is 2.25. The summed E-state index contributed by atoms with van der Waals surface area (Å²) in [7, 11) is 0. The summed E-state index contributed by atoms with van der Waals surface area (Å²) >= 11 is 5.83. The van der Waals surface area contributed by atoms with Gasteiger partial charge in [-0.25, -0.2) is 4.39 Å². The van der Waals surface area contributed by atoms with Crippen molar-refractivity contribution in [1.82, 2.24) is 0 Å². The van der Waals surface area contributed by atoms with E-state index < -0.39 is 5.54 Å². The zero-order valence-electron chi connectivity index (χ0n) is 6.48. The van der Waals surface area contributed by atoms with Gasteiger partial charge >= 0.3 is 0 Å². The van der Waals surface area contributed by atoms with Crippen LogP contribution >= 0.6 is 11.6 Å². The van der Waals surface area contributed by atoms with Crippen LogP contribution in [-0.2, 0) is 5.54 Å². The summed E-state index contributed by atoms with van der Waals surface area (Å²) in [5, 5.41) is 0.440. The van der Waals surface area contributed by atoms with Gasteiger partial charge in [-0.1, -0.05) is 17.7 Å². The lowest BCUT2D eigenvalue weighted by Crippen LogP contribution is -2.20. The average Bonchev–Trinajstić information content (AvgIpc) is 2.68. The molecule has 0 saturated heterocycles. The third kappa shape index (κ3) is 1.11. The van der Waals surface area contributed by atoms with Crippen LogP contribution in [0.25, 0.3) is 0 Å². The SMILES string of the molecule is NC1(c2c(F)cccc2Cl)CC1. The highest BCUT2D eigenvalue weighted by Crippen LogP contribution is 2.46. The molecule has 1 aliphatic carbocycles. The van der Waals surface area contributed by atoms with Gasteiger partial charge < -0.3 is 5.73 Å². The molecule has 1 aromatic carbocycles. The highest BCUT2D eigenvalue weighted by Gasteiger charge is 2.43. The minimum Gasteiger partial charge on any atom is -0.321 e. The van der Waals surface area contributed by atoms with Crippen molar-refractivity contribution in [1.29, 1.82) is 0 Å². The normalized spacial score (nSPS) is 19.2. The molecule has 0 bridgehead atoms. The van der Waals surface area contributed by atoms with Gasteiger partial charge in [0.15, 0.2) is 0 Å². The molecule has 2 N–H and O–H groups in total. The van der Waals surface area contributed by atoms with Crippen molar-refractivity contribution < 1.29 is 4.39 Å². The minimum absolute atomic E-state index is 0.289. The number of nitrogens with two attached hydrogens (primary N) is 1. The summed E-state index contributed by atoms with van der Waals surface area (Å²) in [6, 6.07) is 4.66. The van der Waals surface area contributed by atoms with E-state index in [2.05, 4.69) is 0 Å². The lowest BCUT2D eigenvalue weighted by molar-refractivity contribution is 0.578. The van der Waals surface area contributed by atoms with E-state index in [4.69, 9.17) is 17.3 Å². The molecule has 0 aromatic heterocycles. The zero-order valence-corrected chi connectivity index (χ0v) is 7.24. The van der Waals surface area contributed by atoms with E-state index in [9.17, 15) is 4.39 Å². The number of hydrogen-bond donors (Lipinski definition) is 1. The second-order valence-electron chi connectivity index (χ2n) is 3.25. The molecule has 2 rings (SSSR count). The third-order valence-corrected chi connectivity index (χ3v) is 2.56. The Morgan fingerprint density at radius 2 is 2.08 bits per heavy atom. The van der Waals surface area contributed by atoms with Crippen LogP contribution in [0.15, 0.2) is 18.2 Å². The molecule has 1 fully saturated rings. The van der Waals surface area contributed by atoms with Gasteiger partial charge in [0.1, 0.15) is 5.82 Å². The molecule has 1 nitrogen and oxygen atoms in total. The second kappa shape index (κ2) is 2.44. The predicted octanol–water partition coefficient (Wildman–Crippen LogP) is 2.43. The van der Waals surface area contributed by atoms with Gasteiger partial charge in [0, 0.05) is 16.1 Å². The lowest BCUT2D eigenvalue weighted by Gasteiger charge is -2.11. The van der Waals surface area contributed by atoms with Crippen LogP contribution in [0.5, 0.6) is 0 Å². The molecular weight excluding hydrogens is 177 g/mol. The van der Waals surface area contributed by atoms with Gasteiger partial charge in [-0.2, -0.15) is 0 Å². The van der Waals surface area contributed by atoms with E-state index in [1.807, 2.05) is 0 Å². The van der Waals surface area contributed by atoms with Gasteiger partial charge in [-0.05, 0) is 25.0 Å². The largest absolute Gasteiger partial charge is 0.321 e. The fraction of sp³-hybridized carbons (Fsp3) is 0.333. The molecule has 0 heterocycles. The Morgan fingerprint density at radius 1 is 1.42 bits per heavy atom. The van der Waals surface area contributed by atoms with Gasteiger partial charge in [0.2, 0.25) is 0 Å². The summed E-state index contributed by atoms with van der Waals surface area (Å²) in [5.41, 5.74) is 5.84. The van der Waals surface area contributed by atoms with E-state index in [0.29, 0.717) is 10.6 Å². The van der Waals surface area contributed by atoms with Gasteiger partial charge in [0.05, 0.1) is 0 Å². The summed E-state index contributed by atoms with van der Waals surface area (Å²) in [6.07, 6.45) is 1.65. The molecule has 1 aliphatic rings. The predicted molar refractivity (Wildman–Crippen MR) is 46.5 cm³/mol. The molecule has 1 saturated carbocycles. The van der Waals surface area contributed by atoms with Crippen molar-refractivity contribution in [3.8, 4) is 0 Å². The fourth-order valence-electron chi connectivity index (χ4n) is 1.36. The number of benzene rings is 1. The minimum atomic E-state index is -0.484. The van der Waals surface area contributed by atoms with E-state index in [1.165, 1.54) is 6.07 Å². The summed E-state index contributed by atoms with van der Waals surface area (Å²) in [4.78, 5) is 0. The highest BCUT2D eigenvalue weighted by atomic mass is 35.5. The molecule has 1 aromatic rings. The molecular formula is C9H9ClFN. The Labute approximate surface area is 75.3 Å². The van der Waals surface area contributed by atoms with E-state index in [-0.39, 0.29) is 5.82 Å². The Hall–Kier alpha value is -0.600. The lowest BCUT2D eigenvalue weighted by atomic mass is 10.1. The fourth-order valence-corrected chi connectivity index (χ4v) is 1.71. The van der Waals surface area contributed by atoms with E-state index >= 15 is 0 Å². The van der Waals surface area contributed by atoms with Gasteiger partial charge in [-0.15, -0.1) is 0 Å². The monoisotopic (exact) mass is 185 g/mol. The van der Waals surface area contributed by atoms with Crippen LogP contribution < -0.4 is 5.73 Å². The first kappa shape index (κ1) is 8.02. The standard InChI is InChI=1S/C9H9ClFN/c10-6-2-1-3-7(11)8(6)9(12)4-5-9/h1-3H,4-5,12H2. The van der Waals surface area contributed by atoms with Crippen molar-refractivity contribution in [2.75, 3.05) is 0 Å². The molecule has 0 unspecified atom stereocenters. The van der Waals surface area contributed by atoms with Gasteiger partial charge in [0.25, 0.3) is 0 Å². The Kier molecular flexibility index (Phi) is 1.63. The van der Waals surface area contributed by atoms with E-state index in [0.717, 1.165) is 12.8 Å². The maximum absolute atomic E-state index is 13.2. The topological polar surface area (TPSA) is 26.0 Å². The first-order valence-electron chi connectivity index (χ1n) is 3.87. The molecule has 0 spiro atoms. The van der Waals surface area contributed by atoms with Crippen LogP contribution in [-0.4, -0.2) is 0 Å². The van der Waals surface area contributed by atoms with Crippen LogP contribution in [0.2, 0.25) is 5.02 Å². The molecule has 0 amide bonds.